The first-order valence-corrected chi connectivity index (χ1v) is 6.26. The van der Waals surface area contributed by atoms with E-state index in [-0.39, 0.29) is 18.2 Å². The van der Waals surface area contributed by atoms with E-state index >= 15 is 0 Å². The van der Waals surface area contributed by atoms with Crippen LogP contribution in [0.15, 0.2) is 18.2 Å². The molecule has 0 saturated heterocycles. The Hall–Kier alpha value is -0.970. The van der Waals surface area contributed by atoms with E-state index in [9.17, 15) is 10.2 Å². The minimum absolute atomic E-state index is 0. The van der Waals surface area contributed by atoms with Crippen molar-refractivity contribution in [2.45, 2.75) is 38.8 Å². The molecule has 4 nitrogen and oxygen atoms in total. The number of nitrogens with two attached hydrogens (primary N) is 1. The minimum Gasteiger partial charge on any atom is -0.508 e. The maximum absolute atomic E-state index is 10.1. The lowest BCUT2D eigenvalue weighted by atomic mass is 9.95. The van der Waals surface area contributed by atoms with Crippen molar-refractivity contribution >= 4 is 12.4 Å². The van der Waals surface area contributed by atoms with Crippen LogP contribution >= 0.6 is 12.4 Å². The van der Waals surface area contributed by atoms with Crippen molar-refractivity contribution in [1.29, 1.82) is 0 Å². The number of benzene rings is 1. The average molecular weight is 290 g/mol. The standard InChI is InChI=1S/C14H23NO3.ClH/c1-9(2)4-7-12(17)14(15)11-6-5-10(16)8-13(11)18-3;/h5-6,8-9,12,14,16-17H,4,7,15H2,1-3H3;1H/t12-,14+;/m1./s1. The number of aromatic hydroxyl groups is 1. The number of rotatable bonds is 6. The largest absolute Gasteiger partial charge is 0.508 e. The van der Waals surface area contributed by atoms with Crippen LogP contribution in [0.3, 0.4) is 0 Å². The van der Waals surface area contributed by atoms with Crippen LogP contribution in [0, 0.1) is 5.92 Å². The fourth-order valence-corrected chi connectivity index (χ4v) is 1.87. The van der Waals surface area contributed by atoms with Gasteiger partial charge in [0.15, 0.2) is 0 Å². The predicted octanol–water partition coefficient (Wildman–Crippen LogP) is 2.62. The molecule has 0 spiro atoms. The monoisotopic (exact) mass is 289 g/mol. The summed E-state index contributed by atoms with van der Waals surface area (Å²) in [5.41, 5.74) is 6.75. The third-order valence-corrected chi connectivity index (χ3v) is 3.03. The number of ether oxygens (including phenoxy) is 1. The second kappa shape index (κ2) is 8.25. The molecule has 4 N–H and O–H groups in total. The summed E-state index contributed by atoms with van der Waals surface area (Å²) in [6.07, 6.45) is 0.976. The van der Waals surface area contributed by atoms with Crippen LogP contribution in [-0.2, 0) is 0 Å². The lowest BCUT2D eigenvalue weighted by Gasteiger charge is -2.22. The van der Waals surface area contributed by atoms with E-state index < -0.39 is 12.1 Å². The van der Waals surface area contributed by atoms with Gasteiger partial charge in [-0.1, -0.05) is 13.8 Å². The SMILES string of the molecule is COc1cc(O)ccc1[C@H](N)[C@H](O)CCC(C)C.Cl. The zero-order valence-electron chi connectivity index (χ0n) is 11.7. The fourth-order valence-electron chi connectivity index (χ4n) is 1.87. The second-order valence-corrected chi connectivity index (χ2v) is 4.99. The van der Waals surface area contributed by atoms with E-state index in [4.69, 9.17) is 10.5 Å². The van der Waals surface area contributed by atoms with E-state index in [0.29, 0.717) is 23.7 Å². The Bertz CT molecular complexity index is 385. The molecule has 0 amide bonds. The van der Waals surface area contributed by atoms with Gasteiger partial charge in [-0.05, 0) is 30.9 Å². The van der Waals surface area contributed by atoms with E-state index in [1.165, 1.54) is 13.2 Å². The van der Waals surface area contributed by atoms with Crippen LogP contribution in [0.2, 0.25) is 0 Å². The lowest BCUT2D eigenvalue weighted by Crippen LogP contribution is -2.27. The highest BCUT2D eigenvalue weighted by Crippen LogP contribution is 2.30. The number of hydrogen-bond acceptors (Lipinski definition) is 4. The molecule has 19 heavy (non-hydrogen) atoms. The zero-order chi connectivity index (χ0) is 13.7. The minimum atomic E-state index is -0.606. The molecule has 0 aromatic heterocycles. The summed E-state index contributed by atoms with van der Waals surface area (Å²) < 4.78 is 5.17. The van der Waals surface area contributed by atoms with Gasteiger partial charge in [0.05, 0.1) is 19.3 Å². The Kier molecular flexibility index (Phi) is 7.83. The molecular weight excluding hydrogens is 266 g/mol. The molecule has 0 aliphatic rings. The molecule has 2 atom stereocenters. The van der Waals surface area contributed by atoms with Gasteiger partial charge < -0.3 is 20.7 Å². The van der Waals surface area contributed by atoms with E-state index in [0.717, 1.165) is 6.42 Å². The highest BCUT2D eigenvalue weighted by atomic mass is 35.5. The number of phenols is 1. The topological polar surface area (TPSA) is 75.7 Å². The van der Waals surface area contributed by atoms with Crippen LogP contribution < -0.4 is 10.5 Å². The van der Waals surface area contributed by atoms with E-state index in [1.54, 1.807) is 12.1 Å². The molecule has 1 aromatic carbocycles. The van der Waals surface area contributed by atoms with Crippen LogP contribution in [0.1, 0.15) is 38.3 Å². The van der Waals surface area contributed by atoms with Gasteiger partial charge in [-0.3, -0.25) is 0 Å². The van der Waals surface area contributed by atoms with Gasteiger partial charge in [-0.25, -0.2) is 0 Å². The summed E-state index contributed by atoms with van der Waals surface area (Å²) in [6.45, 7) is 4.22. The number of aliphatic hydroxyl groups is 1. The summed E-state index contributed by atoms with van der Waals surface area (Å²) >= 11 is 0. The Balaban J connectivity index is 0.00000324. The summed E-state index contributed by atoms with van der Waals surface area (Å²) in [6, 6.07) is 4.24. The Morgan fingerprint density at radius 2 is 1.89 bits per heavy atom. The molecule has 0 heterocycles. The van der Waals surface area contributed by atoms with Gasteiger partial charge in [0.25, 0.3) is 0 Å². The first kappa shape index (κ1) is 18.0. The van der Waals surface area contributed by atoms with Crippen molar-refractivity contribution in [1.82, 2.24) is 0 Å². The molecule has 0 aliphatic carbocycles. The molecule has 0 saturated carbocycles. The fraction of sp³-hybridized carbons (Fsp3) is 0.571. The van der Waals surface area contributed by atoms with Gasteiger partial charge in [0.2, 0.25) is 0 Å². The van der Waals surface area contributed by atoms with Crippen LogP contribution in [0.4, 0.5) is 0 Å². The molecule has 0 aliphatic heterocycles. The molecule has 0 unspecified atom stereocenters. The maximum atomic E-state index is 10.1. The van der Waals surface area contributed by atoms with Gasteiger partial charge >= 0.3 is 0 Å². The first-order valence-electron chi connectivity index (χ1n) is 6.26. The van der Waals surface area contributed by atoms with E-state index in [1.807, 2.05) is 0 Å². The lowest BCUT2D eigenvalue weighted by molar-refractivity contribution is 0.127. The van der Waals surface area contributed by atoms with Crippen molar-refractivity contribution in [2.75, 3.05) is 7.11 Å². The zero-order valence-corrected chi connectivity index (χ0v) is 12.5. The van der Waals surface area contributed by atoms with Crippen LogP contribution in [0.5, 0.6) is 11.5 Å². The van der Waals surface area contributed by atoms with Crippen molar-refractivity contribution in [2.24, 2.45) is 11.7 Å². The number of phenolic OH excluding ortho intramolecular Hbond substituents is 1. The third-order valence-electron chi connectivity index (χ3n) is 3.03. The quantitative estimate of drug-likeness (QED) is 0.752. The number of methoxy groups -OCH3 is 1. The highest BCUT2D eigenvalue weighted by molar-refractivity contribution is 5.85. The van der Waals surface area contributed by atoms with Crippen molar-refractivity contribution in [3.8, 4) is 11.5 Å². The van der Waals surface area contributed by atoms with Crippen LogP contribution in [0.25, 0.3) is 0 Å². The molecule has 5 heteroatoms. The van der Waals surface area contributed by atoms with Gasteiger partial charge in [-0.15, -0.1) is 12.4 Å². The van der Waals surface area contributed by atoms with E-state index in [2.05, 4.69) is 13.8 Å². The Labute approximate surface area is 121 Å². The number of aliphatic hydroxyl groups excluding tert-OH is 1. The average Bonchev–Trinajstić information content (AvgIpc) is 2.34. The molecule has 0 bridgehead atoms. The number of halogens is 1. The molecule has 0 fully saturated rings. The maximum Gasteiger partial charge on any atom is 0.127 e. The Morgan fingerprint density at radius 3 is 2.42 bits per heavy atom. The smallest absolute Gasteiger partial charge is 0.127 e. The highest BCUT2D eigenvalue weighted by Gasteiger charge is 2.20. The molecule has 0 radical (unpaired) electrons. The van der Waals surface area contributed by atoms with Gasteiger partial charge in [0, 0.05) is 11.6 Å². The normalized spacial score (nSPS) is 13.8. The van der Waals surface area contributed by atoms with Crippen molar-refractivity contribution in [3.63, 3.8) is 0 Å². The first-order chi connectivity index (χ1) is 8.45. The number of hydrogen-bond donors (Lipinski definition) is 3. The summed E-state index contributed by atoms with van der Waals surface area (Å²) in [5.74, 6) is 1.17. The molecule has 1 rings (SSSR count). The molecular formula is C14H24ClNO3. The second-order valence-electron chi connectivity index (χ2n) is 4.99. The van der Waals surface area contributed by atoms with Crippen molar-refractivity contribution < 1.29 is 14.9 Å². The molecule has 1 aromatic rings. The van der Waals surface area contributed by atoms with Gasteiger partial charge in [0.1, 0.15) is 11.5 Å². The summed E-state index contributed by atoms with van der Waals surface area (Å²) in [7, 11) is 1.52. The van der Waals surface area contributed by atoms with Gasteiger partial charge in [-0.2, -0.15) is 0 Å². The predicted molar refractivity (Wildman–Crippen MR) is 78.9 cm³/mol. The Morgan fingerprint density at radius 1 is 1.26 bits per heavy atom. The summed E-state index contributed by atoms with van der Waals surface area (Å²) in [4.78, 5) is 0. The molecule has 110 valence electrons. The van der Waals surface area contributed by atoms with Crippen LogP contribution in [-0.4, -0.2) is 23.4 Å². The van der Waals surface area contributed by atoms with Crippen molar-refractivity contribution in [3.05, 3.63) is 23.8 Å². The summed E-state index contributed by atoms with van der Waals surface area (Å²) in [5, 5.41) is 19.4. The third kappa shape index (κ3) is 5.27.